The van der Waals surface area contributed by atoms with Crippen molar-refractivity contribution in [1.29, 1.82) is 0 Å². The average Bonchev–Trinajstić information content (AvgIpc) is 3.06. The molecule has 1 aliphatic rings. The van der Waals surface area contributed by atoms with Gasteiger partial charge < -0.3 is 4.90 Å². The summed E-state index contributed by atoms with van der Waals surface area (Å²) in [5, 5.41) is 0. The number of fused-ring (bicyclic) bond motifs is 3. The summed E-state index contributed by atoms with van der Waals surface area (Å²) in [5.41, 5.74) is 12.1. The third-order valence-corrected chi connectivity index (χ3v) is 7.17. The van der Waals surface area contributed by atoms with E-state index in [2.05, 4.69) is 131 Å². The van der Waals surface area contributed by atoms with E-state index in [-0.39, 0.29) is 5.41 Å². The quantitative estimate of drug-likeness (QED) is 0.305. The summed E-state index contributed by atoms with van der Waals surface area (Å²) in [6.07, 6.45) is 1.01. The largest absolute Gasteiger partial charge is 0.339 e. The van der Waals surface area contributed by atoms with Gasteiger partial charge in [-0.1, -0.05) is 87.5 Å². The normalized spacial score (nSPS) is 13.6. The fourth-order valence-electron chi connectivity index (χ4n) is 5.47. The molecule has 33 heavy (non-hydrogen) atoms. The van der Waals surface area contributed by atoms with Crippen molar-refractivity contribution in [3.8, 4) is 22.3 Å². The van der Waals surface area contributed by atoms with Gasteiger partial charge in [-0.25, -0.2) is 0 Å². The van der Waals surface area contributed by atoms with E-state index >= 15 is 0 Å². The molecule has 0 saturated heterocycles. The summed E-state index contributed by atoms with van der Waals surface area (Å²) < 4.78 is 0. The molecule has 4 aromatic carbocycles. The van der Waals surface area contributed by atoms with Crippen LogP contribution in [0.1, 0.15) is 51.3 Å². The topological polar surface area (TPSA) is 3.24 Å². The van der Waals surface area contributed by atoms with Crippen molar-refractivity contribution in [3.05, 3.63) is 108 Å². The number of aryl methyl sites for hydroxylation is 1. The Hall–Kier alpha value is -3.32. The van der Waals surface area contributed by atoms with Gasteiger partial charge in [0.15, 0.2) is 0 Å². The fraction of sp³-hybridized carbons (Fsp3) is 0.250. The second-order valence-electron chi connectivity index (χ2n) is 9.93. The van der Waals surface area contributed by atoms with Gasteiger partial charge in [0.2, 0.25) is 0 Å². The SMILES string of the molecule is CCc1cc2c(cc1N(c1cccc(-c3ccccc3)c1)C(C)C)C(C)(C)c1ccccc1-2. The molecular weight excluding hydrogens is 398 g/mol. The van der Waals surface area contributed by atoms with Crippen LogP contribution < -0.4 is 4.90 Å². The minimum atomic E-state index is 0.00147. The summed E-state index contributed by atoms with van der Waals surface area (Å²) in [7, 11) is 0. The number of benzene rings is 4. The monoisotopic (exact) mass is 431 g/mol. The Labute approximate surface area is 198 Å². The first-order valence-corrected chi connectivity index (χ1v) is 12.1. The standard InChI is InChI=1S/C32H33N/c1-6-23-20-28-27-17-10-11-18-29(27)32(4,5)30(28)21-31(23)33(22(2)3)26-16-12-15-25(19-26)24-13-8-7-9-14-24/h7-22H,6H2,1-5H3. The fourth-order valence-corrected chi connectivity index (χ4v) is 5.47. The second-order valence-corrected chi connectivity index (χ2v) is 9.93. The molecule has 4 aromatic rings. The zero-order chi connectivity index (χ0) is 23.2. The molecule has 166 valence electrons. The average molecular weight is 432 g/mol. The Morgan fingerprint density at radius 3 is 2.12 bits per heavy atom. The van der Waals surface area contributed by atoms with Crippen LogP contribution in [0.4, 0.5) is 11.4 Å². The molecule has 0 fully saturated rings. The molecule has 0 radical (unpaired) electrons. The highest BCUT2D eigenvalue weighted by Crippen LogP contribution is 2.51. The lowest BCUT2D eigenvalue weighted by Gasteiger charge is -2.33. The molecule has 0 heterocycles. The molecule has 0 saturated carbocycles. The summed E-state index contributed by atoms with van der Waals surface area (Å²) in [6.45, 7) is 11.6. The Morgan fingerprint density at radius 2 is 1.39 bits per heavy atom. The van der Waals surface area contributed by atoms with Gasteiger partial charge in [0, 0.05) is 22.8 Å². The zero-order valence-corrected chi connectivity index (χ0v) is 20.4. The minimum absolute atomic E-state index is 0.00147. The lowest BCUT2D eigenvalue weighted by molar-refractivity contribution is 0.659. The highest BCUT2D eigenvalue weighted by Gasteiger charge is 2.36. The number of anilines is 2. The van der Waals surface area contributed by atoms with Crippen LogP contribution in [0.5, 0.6) is 0 Å². The van der Waals surface area contributed by atoms with Crippen LogP contribution in [-0.2, 0) is 11.8 Å². The first-order valence-electron chi connectivity index (χ1n) is 12.1. The minimum Gasteiger partial charge on any atom is -0.339 e. The van der Waals surface area contributed by atoms with Gasteiger partial charge in [-0.15, -0.1) is 0 Å². The maximum absolute atomic E-state index is 2.52. The lowest BCUT2D eigenvalue weighted by atomic mass is 9.82. The third-order valence-electron chi connectivity index (χ3n) is 7.17. The van der Waals surface area contributed by atoms with Crippen molar-refractivity contribution in [1.82, 2.24) is 0 Å². The molecule has 5 rings (SSSR count). The van der Waals surface area contributed by atoms with Crippen LogP contribution in [0, 0.1) is 0 Å². The van der Waals surface area contributed by atoms with Crippen LogP contribution >= 0.6 is 0 Å². The van der Waals surface area contributed by atoms with Crippen molar-refractivity contribution in [2.45, 2.75) is 52.5 Å². The molecule has 1 nitrogen and oxygen atoms in total. The molecule has 0 amide bonds. The Bertz CT molecular complexity index is 1300. The van der Waals surface area contributed by atoms with Gasteiger partial charge in [0.05, 0.1) is 0 Å². The maximum atomic E-state index is 2.52. The van der Waals surface area contributed by atoms with Gasteiger partial charge in [-0.2, -0.15) is 0 Å². The van der Waals surface area contributed by atoms with E-state index in [1.807, 2.05) is 0 Å². The van der Waals surface area contributed by atoms with E-state index in [9.17, 15) is 0 Å². The summed E-state index contributed by atoms with van der Waals surface area (Å²) >= 11 is 0. The Morgan fingerprint density at radius 1 is 0.697 bits per heavy atom. The van der Waals surface area contributed by atoms with Gasteiger partial charge in [-0.05, 0) is 83.5 Å². The maximum Gasteiger partial charge on any atom is 0.0449 e. The number of nitrogens with zero attached hydrogens (tertiary/aromatic N) is 1. The number of rotatable bonds is 5. The highest BCUT2D eigenvalue weighted by atomic mass is 15.2. The van der Waals surface area contributed by atoms with E-state index in [0.29, 0.717) is 6.04 Å². The first kappa shape index (κ1) is 21.5. The van der Waals surface area contributed by atoms with E-state index < -0.39 is 0 Å². The molecule has 1 heteroatoms. The molecule has 0 bridgehead atoms. The van der Waals surface area contributed by atoms with Crippen molar-refractivity contribution < 1.29 is 0 Å². The molecule has 0 aliphatic heterocycles. The van der Waals surface area contributed by atoms with Gasteiger partial charge >= 0.3 is 0 Å². The van der Waals surface area contributed by atoms with Gasteiger partial charge in [0.1, 0.15) is 0 Å². The molecule has 1 aliphatic carbocycles. The van der Waals surface area contributed by atoms with E-state index in [4.69, 9.17) is 0 Å². The number of hydrogen-bond donors (Lipinski definition) is 0. The lowest BCUT2D eigenvalue weighted by Crippen LogP contribution is -2.27. The summed E-state index contributed by atoms with van der Waals surface area (Å²) in [4.78, 5) is 2.52. The highest BCUT2D eigenvalue weighted by molar-refractivity contribution is 5.85. The van der Waals surface area contributed by atoms with Crippen LogP contribution in [0.2, 0.25) is 0 Å². The van der Waals surface area contributed by atoms with Gasteiger partial charge in [0.25, 0.3) is 0 Å². The van der Waals surface area contributed by atoms with Crippen LogP contribution in [-0.4, -0.2) is 6.04 Å². The Balaban J connectivity index is 1.68. The third kappa shape index (κ3) is 3.56. The molecule has 0 atom stereocenters. The molecular formula is C32H33N. The van der Waals surface area contributed by atoms with Crippen LogP contribution in [0.15, 0.2) is 91.0 Å². The predicted molar refractivity (Wildman–Crippen MR) is 143 cm³/mol. The van der Waals surface area contributed by atoms with E-state index in [1.54, 1.807) is 0 Å². The van der Waals surface area contributed by atoms with Crippen molar-refractivity contribution >= 4 is 11.4 Å². The van der Waals surface area contributed by atoms with Gasteiger partial charge in [-0.3, -0.25) is 0 Å². The Kier molecular flexibility index (Phi) is 5.37. The summed E-state index contributed by atoms with van der Waals surface area (Å²) in [6, 6.07) is 33.8. The second kappa shape index (κ2) is 8.23. The smallest absolute Gasteiger partial charge is 0.0449 e. The molecule has 0 unspecified atom stereocenters. The van der Waals surface area contributed by atoms with Crippen molar-refractivity contribution in [2.75, 3.05) is 4.90 Å². The molecule has 0 aromatic heterocycles. The van der Waals surface area contributed by atoms with Crippen molar-refractivity contribution in [2.24, 2.45) is 0 Å². The van der Waals surface area contributed by atoms with E-state index in [0.717, 1.165) is 6.42 Å². The predicted octanol–water partition coefficient (Wildman–Crippen LogP) is 8.77. The summed E-state index contributed by atoms with van der Waals surface area (Å²) in [5.74, 6) is 0. The number of hydrogen-bond acceptors (Lipinski definition) is 1. The van der Waals surface area contributed by atoms with Crippen LogP contribution in [0.25, 0.3) is 22.3 Å². The van der Waals surface area contributed by atoms with Crippen molar-refractivity contribution in [3.63, 3.8) is 0 Å². The molecule has 0 N–H and O–H groups in total. The molecule has 0 spiro atoms. The first-order chi connectivity index (χ1) is 15.9. The van der Waals surface area contributed by atoms with Crippen LogP contribution in [0.3, 0.4) is 0 Å². The van der Waals surface area contributed by atoms with E-state index in [1.165, 1.54) is 50.3 Å². The zero-order valence-electron chi connectivity index (χ0n) is 20.4.